The fourth-order valence-corrected chi connectivity index (χ4v) is 12.6. The highest BCUT2D eigenvalue weighted by molar-refractivity contribution is 7.90. The zero-order valence-corrected chi connectivity index (χ0v) is 57.0. The van der Waals surface area contributed by atoms with Gasteiger partial charge in [0.1, 0.15) is 35.1 Å². The molecule has 0 saturated heterocycles. The molecule has 0 radical (unpaired) electrons. The second kappa shape index (κ2) is 28.1. The molecule has 3 aromatic carbocycles. The average Bonchev–Trinajstić information content (AvgIpc) is 1.70. The van der Waals surface area contributed by atoms with Crippen LogP contribution in [0.5, 0.6) is 17.2 Å². The number of nitrogens with one attached hydrogen (secondary N) is 6. The number of thiophene rings is 1. The van der Waals surface area contributed by atoms with E-state index in [1.54, 1.807) is 76.1 Å². The van der Waals surface area contributed by atoms with E-state index in [1.165, 1.54) is 46.2 Å². The monoisotopic (exact) mass is 1350 g/mol. The molecule has 32 heteroatoms. The molecule has 9 rings (SSSR count). The van der Waals surface area contributed by atoms with Crippen molar-refractivity contribution < 1.29 is 59.0 Å². The van der Waals surface area contributed by atoms with Crippen LogP contribution in [0.1, 0.15) is 146 Å². The van der Waals surface area contributed by atoms with Crippen molar-refractivity contribution in [3.05, 3.63) is 146 Å². The Labute approximate surface area is 544 Å². The number of phenolic OH excluding ortho intramolecular Hbond substituents is 3. The molecular weight excluding hydrogens is 1280 g/mol. The molecule has 3 aromatic heterocycles. The average molecular weight is 1350 g/mol. The maximum absolute atomic E-state index is 12.4. The molecule has 9 N–H and O–H groups in total. The van der Waals surface area contributed by atoms with Gasteiger partial charge in [0.15, 0.2) is 46.5 Å². The maximum Gasteiger partial charge on any atom is 0.345 e. The van der Waals surface area contributed by atoms with Gasteiger partial charge in [-0.2, -0.15) is 25.3 Å². The predicted octanol–water partition coefficient (Wildman–Crippen LogP) is 10.0. The number of furan rings is 2. The summed E-state index contributed by atoms with van der Waals surface area (Å²) in [6.07, 6.45) is 2.25. The highest BCUT2D eigenvalue weighted by Crippen LogP contribution is 2.42. The lowest BCUT2D eigenvalue weighted by molar-refractivity contribution is 0.0817. The number of para-hydroxylation sites is 3. The molecule has 2 amide bonds. The number of amides is 2. The largest absolute Gasteiger partial charge is 0.517 e. The van der Waals surface area contributed by atoms with Gasteiger partial charge in [0.05, 0.1) is 47.1 Å². The lowest BCUT2D eigenvalue weighted by atomic mass is 9.85. The molecule has 6 aromatic rings. The van der Waals surface area contributed by atoms with Crippen LogP contribution in [-0.4, -0.2) is 125 Å². The van der Waals surface area contributed by atoms with Crippen LogP contribution in [0.2, 0.25) is 0 Å². The van der Waals surface area contributed by atoms with Crippen molar-refractivity contribution in [2.75, 3.05) is 44.1 Å². The molecule has 0 unspecified atom stereocenters. The maximum atomic E-state index is 12.4. The standard InChI is InChI=1S/C23H31N5O5S.C21H27N5O4S2.C17H17N5O4S/c1-13(2)14-11-17(33-12-14)19(23(3,4)5)25-21-20(26-34(31,32)27-21)24-16-10-8-9-15(18(16)29)22(30)28(6)7;1-12-10-11-15(31-12)17(21(2,3)4)23-19-18(24-32(29,30)25-19)22-14-9-7-8-13(16(14)27)20(28)26(5)6;1-4-11(14-9-8-10(2)26-14)19-16-17(22-27(24,25)21-16)20-13-7-5-6-12(18-3)15(13)23/h8-13,19,29H,1-7H3,(H,24,26)(H,25,27);7-11,17,27H,1-6H3,(H,22,24)(H,23,25);5-9,11,23H,4H2,1-2H3,(H,19,21)(H,20,22)/t19-;17-;11-/m001/s1. The number of amidine groups is 6. The van der Waals surface area contributed by atoms with Crippen molar-refractivity contribution in [3.8, 4) is 17.2 Å². The van der Waals surface area contributed by atoms with E-state index in [4.69, 9.17) is 20.4 Å². The molecule has 3 aliphatic heterocycles. The second-order valence-corrected chi connectivity index (χ2v) is 29.6. The van der Waals surface area contributed by atoms with E-state index in [0.717, 1.165) is 21.1 Å². The Morgan fingerprint density at radius 2 is 1.08 bits per heavy atom. The molecule has 0 aliphatic carbocycles. The number of carbonyl (C=O) groups is 2. The van der Waals surface area contributed by atoms with Gasteiger partial charge in [0.2, 0.25) is 5.69 Å². The van der Waals surface area contributed by atoms with Crippen LogP contribution in [0.25, 0.3) is 4.85 Å². The van der Waals surface area contributed by atoms with Gasteiger partial charge in [0.25, 0.3) is 11.8 Å². The van der Waals surface area contributed by atoms with E-state index in [9.17, 15) is 50.2 Å². The Kier molecular flexibility index (Phi) is 21.4. The summed E-state index contributed by atoms with van der Waals surface area (Å²) in [7, 11) is -5.71. The quantitative estimate of drug-likeness (QED) is 0.0383. The van der Waals surface area contributed by atoms with Crippen LogP contribution < -0.4 is 30.1 Å². The number of benzene rings is 3. The Balaban J connectivity index is 0.000000199. The summed E-state index contributed by atoms with van der Waals surface area (Å²) in [6.45, 7) is 28.8. The number of anilines is 3. The lowest BCUT2D eigenvalue weighted by Gasteiger charge is -2.27. The van der Waals surface area contributed by atoms with Gasteiger partial charge in [-0.1, -0.05) is 86.6 Å². The third-order valence-electron chi connectivity index (χ3n) is 13.7. The van der Waals surface area contributed by atoms with E-state index >= 15 is 0 Å². The topological polar surface area (TPSA) is 381 Å². The summed E-state index contributed by atoms with van der Waals surface area (Å²) in [4.78, 5) is 46.4. The van der Waals surface area contributed by atoms with Gasteiger partial charge in [-0.25, -0.2) is 19.0 Å². The van der Waals surface area contributed by atoms with Crippen LogP contribution in [0.3, 0.4) is 0 Å². The summed E-state index contributed by atoms with van der Waals surface area (Å²) < 4.78 is 102. The molecule has 0 spiro atoms. The Morgan fingerprint density at radius 1 is 0.634 bits per heavy atom. The highest BCUT2D eigenvalue weighted by atomic mass is 32.2. The van der Waals surface area contributed by atoms with Crippen LogP contribution in [0.15, 0.2) is 128 Å². The third kappa shape index (κ3) is 17.7. The van der Waals surface area contributed by atoms with Crippen molar-refractivity contribution >= 4 is 112 Å². The zero-order valence-electron chi connectivity index (χ0n) is 53.8. The van der Waals surface area contributed by atoms with Crippen molar-refractivity contribution in [2.24, 2.45) is 39.0 Å². The second-order valence-electron chi connectivity index (χ2n) is 24.2. The number of nitrogens with zero attached hydrogens (tertiary/aromatic N) is 9. The molecule has 0 fully saturated rings. The Bertz CT molecular complexity index is 4420. The van der Waals surface area contributed by atoms with Gasteiger partial charge in [-0.3, -0.25) is 24.6 Å². The molecule has 6 heterocycles. The first-order chi connectivity index (χ1) is 43.3. The van der Waals surface area contributed by atoms with E-state index in [1.807, 2.05) is 94.4 Å². The van der Waals surface area contributed by atoms with Gasteiger partial charge in [-0.05, 0) is 103 Å². The third-order valence-corrected chi connectivity index (χ3v) is 17.4. The molecule has 0 bridgehead atoms. The number of aromatic hydroxyl groups is 3. The fraction of sp³-hybridized carbons (Fsp3) is 0.361. The SMILES string of the molecule is CC(C)c1coc([C@H](N=C2NS(=O)(=O)N=C2Nc2cccc(C(=O)N(C)C)c2O)C(C)(C)C)c1.Cc1ccc([C@H](N=C2NS(=O)(=O)N=C2Nc2cccc(C(=O)N(C)C)c2O)C(C)(C)C)s1.[C-]#[N+]c1cccc(NC2=NS(=O)(=O)NC2=N[C@H](CC)c2ccc(C)o2)c1O. The normalized spacial score (nSPS) is 17.6. The van der Waals surface area contributed by atoms with Crippen molar-refractivity contribution in [3.63, 3.8) is 0 Å². The van der Waals surface area contributed by atoms with Crippen LogP contribution in [0, 0.1) is 31.2 Å². The predicted molar refractivity (Wildman–Crippen MR) is 361 cm³/mol. The van der Waals surface area contributed by atoms with E-state index in [-0.39, 0.29) is 109 Å². The first-order valence-corrected chi connectivity index (χ1v) is 33.9. The molecular formula is C61H75N15O13S4. The number of aryl methyl sites for hydroxylation is 2. The van der Waals surface area contributed by atoms with E-state index in [0.29, 0.717) is 17.9 Å². The summed E-state index contributed by atoms with van der Waals surface area (Å²) >= 11 is 1.59. The smallest absolute Gasteiger partial charge is 0.345 e. The minimum Gasteiger partial charge on any atom is -0.517 e. The van der Waals surface area contributed by atoms with Crippen molar-refractivity contribution in [1.82, 2.24) is 24.0 Å². The van der Waals surface area contributed by atoms with Crippen molar-refractivity contribution in [1.29, 1.82) is 0 Å². The number of phenols is 3. The minimum absolute atomic E-state index is 0.00326. The number of hydrogen-bond acceptors (Lipinski definition) is 20. The van der Waals surface area contributed by atoms with Gasteiger partial charge in [-0.15, -0.1) is 24.5 Å². The fourth-order valence-electron chi connectivity index (χ4n) is 8.99. The summed E-state index contributed by atoms with van der Waals surface area (Å²) in [6, 6.07) is 21.9. The van der Waals surface area contributed by atoms with E-state index < -0.39 is 54.0 Å². The summed E-state index contributed by atoms with van der Waals surface area (Å²) in [5, 5.41) is 39.7. The number of rotatable bonds is 13. The van der Waals surface area contributed by atoms with Crippen LogP contribution in [0.4, 0.5) is 22.7 Å². The zero-order chi connectivity index (χ0) is 68.9. The van der Waals surface area contributed by atoms with Gasteiger partial charge in [0, 0.05) is 37.9 Å². The summed E-state index contributed by atoms with van der Waals surface area (Å²) in [5.41, 5.74) is 0.869. The molecule has 93 heavy (non-hydrogen) atoms. The first-order valence-electron chi connectivity index (χ1n) is 28.7. The summed E-state index contributed by atoms with van der Waals surface area (Å²) in [5.74, 6) is 0.245. The molecule has 28 nitrogen and oxygen atoms in total. The Morgan fingerprint density at radius 3 is 1.45 bits per heavy atom. The van der Waals surface area contributed by atoms with Crippen LogP contribution in [-0.2, 0) is 30.6 Å². The van der Waals surface area contributed by atoms with E-state index in [2.05, 4.69) is 58.1 Å². The first kappa shape index (κ1) is 70.9. The number of aliphatic imine (C=N–C) groups is 3. The Hall–Kier alpha value is -9.58. The molecule has 3 atom stereocenters. The number of carbonyl (C=O) groups excluding carboxylic acids is 2. The van der Waals surface area contributed by atoms with Crippen molar-refractivity contribution in [2.45, 2.75) is 107 Å². The minimum atomic E-state index is -4.04. The van der Waals surface area contributed by atoms with Gasteiger partial charge < -0.3 is 49.9 Å². The molecule has 496 valence electrons. The van der Waals surface area contributed by atoms with Crippen LogP contribution >= 0.6 is 11.3 Å². The highest BCUT2D eigenvalue weighted by Gasteiger charge is 2.37. The molecule has 3 aliphatic rings. The number of hydrogen-bond donors (Lipinski definition) is 9. The molecule has 0 saturated carbocycles. The van der Waals surface area contributed by atoms with Gasteiger partial charge >= 0.3 is 30.6 Å². The lowest BCUT2D eigenvalue weighted by Crippen LogP contribution is -2.32.